The number of nitrogens with zero attached hydrogens (tertiary/aromatic N) is 1. The largest absolute Gasteiger partial charge is 0.394 e. The van der Waals surface area contributed by atoms with Crippen molar-refractivity contribution in [2.75, 3.05) is 13.2 Å². The lowest BCUT2D eigenvalue weighted by atomic mass is 9.94. The summed E-state index contributed by atoms with van der Waals surface area (Å²) in [5.41, 5.74) is -0.0845. The van der Waals surface area contributed by atoms with Crippen LogP contribution in [0, 0.1) is 11.8 Å². The van der Waals surface area contributed by atoms with Crippen molar-refractivity contribution in [2.45, 2.75) is 24.7 Å². The van der Waals surface area contributed by atoms with Crippen molar-refractivity contribution in [3.8, 4) is 0 Å². The van der Waals surface area contributed by atoms with Gasteiger partial charge in [0.05, 0.1) is 12.1 Å². The van der Waals surface area contributed by atoms with Crippen molar-refractivity contribution < 1.29 is 9.50 Å². The molecule has 1 saturated carbocycles. The molecule has 2 saturated heterocycles. The summed E-state index contributed by atoms with van der Waals surface area (Å²) in [5.74, 6) is 0.638. The van der Waals surface area contributed by atoms with Gasteiger partial charge in [-0.3, -0.25) is 4.90 Å². The smallest absolute Gasteiger partial charge is 0.118 e. The average Bonchev–Trinajstić information content (AvgIpc) is 2.56. The van der Waals surface area contributed by atoms with Gasteiger partial charge in [0.15, 0.2) is 0 Å². The molecule has 2 heterocycles. The van der Waals surface area contributed by atoms with E-state index in [4.69, 9.17) is 5.11 Å². The zero-order chi connectivity index (χ0) is 7.80. The van der Waals surface area contributed by atoms with Gasteiger partial charge in [-0.15, -0.1) is 0 Å². The zero-order valence-electron chi connectivity index (χ0n) is 6.50. The van der Waals surface area contributed by atoms with E-state index in [0.717, 1.165) is 0 Å². The van der Waals surface area contributed by atoms with Crippen molar-refractivity contribution in [1.82, 2.24) is 4.90 Å². The van der Waals surface area contributed by atoms with E-state index in [9.17, 15) is 4.39 Å². The van der Waals surface area contributed by atoms with Crippen LogP contribution >= 0.6 is 0 Å². The quantitative estimate of drug-likeness (QED) is 0.580. The Morgan fingerprint density at radius 2 is 2.36 bits per heavy atom. The van der Waals surface area contributed by atoms with Crippen molar-refractivity contribution in [3.05, 3.63) is 0 Å². The summed E-state index contributed by atoms with van der Waals surface area (Å²) in [6, 6.07) is 0.527. The first-order valence-corrected chi connectivity index (χ1v) is 4.25. The van der Waals surface area contributed by atoms with Gasteiger partial charge in [-0.2, -0.15) is 0 Å². The third kappa shape index (κ3) is 0.402. The number of halogens is 1. The van der Waals surface area contributed by atoms with Crippen LogP contribution in [0.2, 0.25) is 0 Å². The maximum atomic E-state index is 13.1. The number of piperidine rings is 2. The van der Waals surface area contributed by atoms with Gasteiger partial charge in [0, 0.05) is 24.4 Å². The maximum Gasteiger partial charge on any atom is 0.118 e. The molecule has 2 nitrogen and oxygen atoms in total. The molecule has 62 valence electrons. The van der Waals surface area contributed by atoms with Gasteiger partial charge in [-0.05, 0) is 6.92 Å². The molecule has 1 aliphatic carbocycles. The Bertz CT molecular complexity index is 214. The lowest BCUT2D eigenvalue weighted by Crippen LogP contribution is -2.58. The number of rotatable bonds is 1. The van der Waals surface area contributed by atoms with Crippen LogP contribution in [-0.2, 0) is 0 Å². The molecule has 0 aromatic heterocycles. The average molecular weight is 157 g/mol. The monoisotopic (exact) mass is 157 g/mol. The van der Waals surface area contributed by atoms with Gasteiger partial charge < -0.3 is 5.11 Å². The predicted molar refractivity (Wildman–Crippen MR) is 37.9 cm³/mol. The van der Waals surface area contributed by atoms with Crippen LogP contribution in [-0.4, -0.2) is 40.9 Å². The van der Waals surface area contributed by atoms with E-state index in [0.29, 0.717) is 18.5 Å². The minimum absolute atomic E-state index is 0.0845. The summed E-state index contributed by atoms with van der Waals surface area (Å²) in [4.78, 5) is 2.13. The second-order valence-electron chi connectivity index (χ2n) is 4.11. The second-order valence-corrected chi connectivity index (χ2v) is 4.11. The van der Waals surface area contributed by atoms with E-state index in [2.05, 4.69) is 11.8 Å². The van der Waals surface area contributed by atoms with Crippen LogP contribution in [0.15, 0.2) is 0 Å². The molecular weight excluding hydrogens is 145 g/mol. The number of alkyl halides is 1. The highest BCUT2D eigenvalue weighted by molar-refractivity contribution is 5.36. The third-order valence-corrected chi connectivity index (χ3v) is 3.99. The SMILES string of the molecule is C[C@H]1C2C3[C@H](F)CN1[C@@]32CO. The molecular formula is C8H12FNO. The highest BCUT2D eigenvalue weighted by atomic mass is 19.1. The standard InChI is InChI=1S/C8H12FNO/c1-4-6-7-5(9)2-10(4)8(6,7)3-11/h4-7,11H,2-3H2,1H3/t4-,5+,6?,7?,8+/m0/s1. The van der Waals surface area contributed by atoms with Gasteiger partial charge in [0.1, 0.15) is 6.17 Å². The predicted octanol–water partition coefficient (Wildman–Crippen LogP) is 0.0193. The van der Waals surface area contributed by atoms with E-state index in [-0.39, 0.29) is 18.1 Å². The Balaban J connectivity index is 1.95. The number of fused-ring (bicyclic) bond motifs is 1. The Morgan fingerprint density at radius 1 is 1.64 bits per heavy atom. The molecule has 0 radical (unpaired) electrons. The fourth-order valence-corrected chi connectivity index (χ4v) is 3.55. The van der Waals surface area contributed by atoms with E-state index in [1.54, 1.807) is 0 Å². The summed E-state index contributed by atoms with van der Waals surface area (Å²) in [6.07, 6.45) is -0.664. The molecule has 3 fully saturated rings. The van der Waals surface area contributed by atoms with Gasteiger partial charge in [0.25, 0.3) is 0 Å². The molecule has 0 amide bonds. The van der Waals surface area contributed by atoms with Crippen LogP contribution in [0.25, 0.3) is 0 Å². The van der Waals surface area contributed by atoms with Crippen molar-refractivity contribution in [3.63, 3.8) is 0 Å². The Kier molecular flexibility index (Phi) is 0.856. The van der Waals surface area contributed by atoms with Crippen LogP contribution in [0.3, 0.4) is 0 Å². The van der Waals surface area contributed by atoms with Gasteiger partial charge in [-0.25, -0.2) is 4.39 Å². The minimum atomic E-state index is -0.664. The van der Waals surface area contributed by atoms with Crippen molar-refractivity contribution in [2.24, 2.45) is 11.8 Å². The summed E-state index contributed by atoms with van der Waals surface area (Å²) >= 11 is 0. The van der Waals surface area contributed by atoms with E-state index in [1.165, 1.54) is 0 Å². The molecule has 3 heteroatoms. The molecule has 0 aromatic carbocycles. The van der Waals surface area contributed by atoms with E-state index in [1.807, 2.05) is 0 Å². The fraction of sp³-hybridized carbons (Fsp3) is 1.00. The molecule has 2 aliphatic heterocycles. The minimum Gasteiger partial charge on any atom is -0.394 e. The Hall–Kier alpha value is -0.150. The van der Waals surface area contributed by atoms with E-state index >= 15 is 0 Å². The Morgan fingerprint density at radius 3 is 2.73 bits per heavy atom. The first-order chi connectivity index (χ1) is 5.23. The molecule has 3 aliphatic rings. The van der Waals surface area contributed by atoms with Crippen molar-refractivity contribution in [1.29, 1.82) is 0 Å². The summed E-state index contributed by atoms with van der Waals surface area (Å²) in [6.45, 7) is 2.85. The van der Waals surface area contributed by atoms with Crippen LogP contribution in [0.1, 0.15) is 6.92 Å². The number of hydrogen-bond acceptors (Lipinski definition) is 2. The third-order valence-electron chi connectivity index (χ3n) is 3.99. The topological polar surface area (TPSA) is 23.5 Å². The van der Waals surface area contributed by atoms with Gasteiger partial charge in [-0.1, -0.05) is 0 Å². The molecule has 0 aromatic rings. The first-order valence-electron chi connectivity index (χ1n) is 4.25. The maximum absolute atomic E-state index is 13.1. The summed E-state index contributed by atoms with van der Waals surface area (Å²) in [7, 11) is 0. The molecule has 5 atom stereocenters. The van der Waals surface area contributed by atoms with Crippen LogP contribution in [0.4, 0.5) is 4.39 Å². The van der Waals surface area contributed by atoms with Gasteiger partial charge >= 0.3 is 0 Å². The number of aliphatic hydroxyl groups is 1. The Labute approximate surface area is 65.0 Å². The summed E-state index contributed by atoms with van der Waals surface area (Å²) < 4.78 is 13.1. The first kappa shape index (κ1) is 6.38. The lowest BCUT2D eigenvalue weighted by molar-refractivity contribution is -0.0202. The van der Waals surface area contributed by atoms with Crippen molar-refractivity contribution >= 4 is 0 Å². The molecule has 0 spiro atoms. The summed E-state index contributed by atoms with van der Waals surface area (Å²) in [5, 5.41) is 9.10. The van der Waals surface area contributed by atoms with E-state index < -0.39 is 6.17 Å². The fourth-order valence-electron chi connectivity index (χ4n) is 3.55. The lowest BCUT2D eigenvalue weighted by Gasteiger charge is -2.45. The molecule has 3 rings (SSSR count). The highest BCUT2D eigenvalue weighted by Gasteiger charge is 2.84. The van der Waals surface area contributed by atoms with Crippen LogP contribution in [0.5, 0.6) is 0 Å². The molecule has 11 heavy (non-hydrogen) atoms. The molecule has 1 N–H and O–H groups in total. The van der Waals surface area contributed by atoms with Crippen LogP contribution < -0.4 is 0 Å². The number of hydrogen-bond donors (Lipinski definition) is 1. The zero-order valence-corrected chi connectivity index (χ0v) is 6.50. The van der Waals surface area contributed by atoms with Gasteiger partial charge in [0.2, 0.25) is 0 Å². The number of aliphatic hydroxyl groups excluding tert-OH is 1. The normalized spacial score (nSPS) is 65.7. The highest BCUT2D eigenvalue weighted by Crippen LogP contribution is 2.72. The molecule has 2 unspecified atom stereocenters. The molecule has 0 bridgehead atoms. The second kappa shape index (κ2) is 1.48.